The molecule has 1 spiro atoms. The van der Waals surface area contributed by atoms with Gasteiger partial charge in [-0.2, -0.15) is 8.42 Å². The Balaban J connectivity index is 2.31. The topological polar surface area (TPSA) is 184 Å². The van der Waals surface area contributed by atoms with E-state index in [1.165, 1.54) is 13.1 Å². The van der Waals surface area contributed by atoms with Gasteiger partial charge < -0.3 is 25.1 Å². The van der Waals surface area contributed by atoms with Gasteiger partial charge in [0, 0.05) is 11.8 Å². The molecule has 2 aliphatic rings. The Labute approximate surface area is 249 Å². The van der Waals surface area contributed by atoms with Crippen LogP contribution in [0.15, 0.2) is 26.9 Å². The Bertz CT molecular complexity index is 1500. The highest BCUT2D eigenvalue weighted by Crippen LogP contribution is 2.52. The molecule has 0 unspecified atom stereocenters. The second-order valence-electron chi connectivity index (χ2n) is 14.2. The maximum atomic E-state index is 13.7. The van der Waals surface area contributed by atoms with Gasteiger partial charge in [0.1, 0.15) is 18.8 Å². The van der Waals surface area contributed by atoms with Crippen molar-refractivity contribution in [1.29, 1.82) is 0 Å². The SMILES string of the molecule is Cc1cn([C@@H]2O[C@H](CO[Si](C)(C)C(C)(C)C)[C@@]3(OS(=O)(=O)C=C3N)[C@H]2O[Si](C)(C)C(C)(C)C)c(=O)n(CC(N)=O)c1=O. The number of hydrogen-bond acceptors (Lipinski definition) is 10. The average molecular weight is 647 g/mol. The highest BCUT2D eigenvalue weighted by molar-refractivity contribution is 7.90. The molecule has 3 rings (SSSR count). The van der Waals surface area contributed by atoms with E-state index in [4.69, 9.17) is 29.2 Å². The second kappa shape index (κ2) is 10.8. The third-order valence-corrected chi connectivity index (χ3v) is 19.0. The first-order valence-electron chi connectivity index (χ1n) is 13.8. The van der Waals surface area contributed by atoms with Gasteiger partial charge in [0.2, 0.25) is 5.91 Å². The summed E-state index contributed by atoms with van der Waals surface area (Å²) in [6.07, 6.45) is -2.39. The van der Waals surface area contributed by atoms with Gasteiger partial charge in [-0.3, -0.25) is 18.7 Å². The van der Waals surface area contributed by atoms with Crippen LogP contribution in [0.5, 0.6) is 0 Å². The van der Waals surface area contributed by atoms with Gasteiger partial charge in [-0.1, -0.05) is 41.5 Å². The molecular weight excluding hydrogens is 601 g/mol. The molecule has 4 N–H and O–H groups in total. The summed E-state index contributed by atoms with van der Waals surface area (Å²) < 4.78 is 53.2. The quantitative estimate of drug-likeness (QED) is 0.313. The summed E-state index contributed by atoms with van der Waals surface area (Å²) >= 11 is 0. The first-order valence-corrected chi connectivity index (χ1v) is 21.1. The summed E-state index contributed by atoms with van der Waals surface area (Å²) in [5.74, 6) is -0.887. The summed E-state index contributed by atoms with van der Waals surface area (Å²) in [6, 6.07) is 0. The minimum atomic E-state index is -4.26. The first kappa shape index (κ1) is 34.4. The molecule has 1 saturated heterocycles. The number of amides is 1. The molecule has 4 atom stereocenters. The lowest BCUT2D eigenvalue weighted by Crippen LogP contribution is -2.59. The average Bonchev–Trinajstić information content (AvgIpc) is 3.22. The number of nitrogens with zero attached hydrogens (tertiary/aromatic N) is 2. The normalized spacial score (nSPS) is 26.5. The molecule has 2 aliphatic heterocycles. The molecule has 16 heteroatoms. The fourth-order valence-corrected chi connectivity index (χ4v) is 7.96. The molecule has 1 amide bonds. The lowest BCUT2D eigenvalue weighted by atomic mass is 9.89. The van der Waals surface area contributed by atoms with E-state index in [1.54, 1.807) is 0 Å². The zero-order valence-electron chi connectivity index (χ0n) is 26.4. The van der Waals surface area contributed by atoms with Gasteiger partial charge >= 0.3 is 5.69 Å². The van der Waals surface area contributed by atoms with Gasteiger partial charge in [0.25, 0.3) is 15.7 Å². The van der Waals surface area contributed by atoms with E-state index in [1.807, 2.05) is 47.0 Å². The fourth-order valence-electron chi connectivity index (χ4n) is 4.45. The summed E-state index contributed by atoms with van der Waals surface area (Å²) in [6.45, 7) is 20.9. The van der Waals surface area contributed by atoms with Crippen molar-refractivity contribution >= 4 is 32.7 Å². The third-order valence-electron chi connectivity index (χ3n) is 9.02. The first-order chi connectivity index (χ1) is 18.8. The highest BCUT2D eigenvalue weighted by atomic mass is 32.2. The van der Waals surface area contributed by atoms with Crippen LogP contribution >= 0.6 is 0 Å². The molecule has 13 nitrogen and oxygen atoms in total. The van der Waals surface area contributed by atoms with Crippen LogP contribution in [-0.2, 0) is 39.2 Å². The molecule has 0 radical (unpaired) electrons. The zero-order chi connectivity index (χ0) is 32.4. The second-order valence-corrected chi connectivity index (χ2v) is 25.1. The van der Waals surface area contributed by atoms with E-state index in [9.17, 15) is 22.8 Å². The molecule has 1 fully saturated rings. The summed E-state index contributed by atoms with van der Waals surface area (Å²) in [5.41, 5.74) is 8.34. The minimum Gasteiger partial charge on any atom is -0.414 e. The Morgan fingerprint density at radius 1 is 1.07 bits per heavy atom. The Morgan fingerprint density at radius 2 is 1.62 bits per heavy atom. The predicted octanol–water partition coefficient (Wildman–Crippen LogP) is 2.01. The van der Waals surface area contributed by atoms with Crippen molar-refractivity contribution in [2.45, 2.75) is 115 Å². The van der Waals surface area contributed by atoms with Crippen LogP contribution in [0.1, 0.15) is 53.3 Å². The molecule has 3 heterocycles. The summed E-state index contributed by atoms with van der Waals surface area (Å²) in [5, 5.41) is 0.301. The third kappa shape index (κ3) is 6.12. The Morgan fingerprint density at radius 3 is 2.07 bits per heavy atom. The largest absolute Gasteiger partial charge is 0.414 e. The number of carbonyl (C=O) groups excluding carboxylic acids is 1. The van der Waals surface area contributed by atoms with Crippen LogP contribution in [0.2, 0.25) is 36.3 Å². The van der Waals surface area contributed by atoms with Crippen molar-refractivity contribution in [2.24, 2.45) is 11.5 Å². The van der Waals surface area contributed by atoms with E-state index in [-0.39, 0.29) is 27.9 Å². The zero-order valence-corrected chi connectivity index (χ0v) is 29.2. The number of nitrogens with two attached hydrogens (primary N) is 2. The van der Waals surface area contributed by atoms with Crippen LogP contribution in [-0.4, -0.2) is 64.5 Å². The lowest BCUT2D eigenvalue weighted by molar-refractivity contribution is -0.118. The lowest BCUT2D eigenvalue weighted by Gasteiger charge is -2.43. The van der Waals surface area contributed by atoms with Crippen LogP contribution in [0.3, 0.4) is 0 Å². The van der Waals surface area contributed by atoms with E-state index in [0.717, 1.165) is 9.98 Å². The van der Waals surface area contributed by atoms with Crippen molar-refractivity contribution < 1.29 is 31.0 Å². The van der Waals surface area contributed by atoms with Crippen LogP contribution in [0.4, 0.5) is 0 Å². The number of rotatable bonds is 8. The highest BCUT2D eigenvalue weighted by Gasteiger charge is 2.67. The predicted molar refractivity (Wildman–Crippen MR) is 163 cm³/mol. The van der Waals surface area contributed by atoms with Gasteiger partial charge in [0.05, 0.1) is 17.7 Å². The summed E-state index contributed by atoms with van der Waals surface area (Å²) in [7, 11) is -9.40. The maximum absolute atomic E-state index is 13.7. The standard InChI is InChI=1S/C26H46N4O9SSi2/c1-16-12-30(23(33)29(21(16)32)13-19(28)31)22-20(38-42(10,11)25(5,6)7)26(17(27)15-40(34,35)39-26)18(37-22)14-36-41(8,9)24(2,3)4/h12,15,18,20,22H,13-14,27H2,1-11H3,(H2,28,31)/t18-,20+,22-,26-/m1/s1. The van der Waals surface area contributed by atoms with E-state index >= 15 is 0 Å². The smallest absolute Gasteiger partial charge is 0.333 e. The Kier molecular flexibility index (Phi) is 8.86. The summed E-state index contributed by atoms with van der Waals surface area (Å²) in [4.78, 5) is 38.3. The van der Waals surface area contributed by atoms with Crippen molar-refractivity contribution in [2.75, 3.05) is 6.61 Å². The minimum absolute atomic E-state index is 0.108. The van der Waals surface area contributed by atoms with Crippen molar-refractivity contribution in [3.05, 3.63) is 43.7 Å². The van der Waals surface area contributed by atoms with Gasteiger partial charge in [-0.25, -0.2) is 8.98 Å². The number of primary amides is 1. The fraction of sp³-hybridized carbons (Fsp3) is 0.731. The monoisotopic (exact) mass is 646 g/mol. The van der Waals surface area contributed by atoms with Crippen LogP contribution < -0.4 is 22.7 Å². The molecule has 0 bridgehead atoms. The van der Waals surface area contributed by atoms with Crippen molar-refractivity contribution in [3.8, 4) is 0 Å². The number of aryl methyl sites for hydroxylation is 1. The molecule has 1 aromatic heterocycles. The van der Waals surface area contributed by atoms with E-state index < -0.39 is 74.5 Å². The number of hydrogen-bond donors (Lipinski definition) is 2. The molecule has 0 aromatic carbocycles. The Hall–Kier alpha value is -2.09. The number of carbonyl (C=O) groups is 1. The molecule has 0 saturated carbocycles. The van der Waals surface area contributed by atoms with E-state index in [0.29, 0.717) is 4.57 Å². The molecular formula is C26H46N4O9SSi2. The molecule has 1 aromatic rings. The number of aromatic nitrogens is 2. The molecule has 238 valence electrons. The number of ether oxygens (including phenoxy) is 1. The molecule has 0 aliphatic carbocycles. The van der Waals surface area contributed by atoms with Crippen molar-refractivity contribution in [3.63, 3.8) is 0 Å². The van der Waals surface area contributed by atoms with Gasteiger partial charge in [-0.05, 0) is 43.2 Å². The van der Waals surface area contributed by atoms with Gasteiger partial charge in [0.15, 0.2) is 28.5 Å². The maximum Gasteiger partial charge on any atom is 0.333 e. The van der Waals surface area contributed by atoms with Crippen LogP contribution in [0, 0.1) is 6.92 Å². The van der Waals surface area contributed by atoms with Crippen molar-refractivity contribution in [1.82, 2.24) is 9.13 Å². The van der Waals surface area contributed by atoms with E-state index in [2.05, 4.69) is 20.8 Å². The molecule has 42 heavy (non-hydrogen) atoms. The van der Waals surface area contributed by atoms with Crippen LogP contribution in [0.25, 0.3) is 0 Å². The van der Waals surface area contributed by atoms with Gasteiger partial charge in [-0.15, -0.1) is 0 Å².